The van der Waals surface area contributed by atoms with E-state index in [4.69, 9.17) is 4.74 Å². The highest BCUT2D eigenvalue weighted by molar-refractivity contribution is 5.97. The van der Waals surface area contributed by atoms with Crippen LogP contribution in [0.15, 0.2) is 54.6 Å². The molecule has 1 N–H and O–H groups in total. The van der Waals surface area contributed by atoms with E-state index >= 15 is 0 Å². The summed E-state index contributed by atoms with van der Waals surface area (Å²) in [6.45, 7) is 3.20. The molecule has 2 amide bonds. The summed E-state index contributed by atoms with van der Waals surface area (Å²) >= 11 is 0. The molecular weight excluding hydrogens is 390 g/mol. The minimum absolute atomic E-state index is 0.0612. The van der Waals surface area contributed by atoms with Crippen LogP contribution in [0, 0.1) is 0 Å². The lowest BCUT2D eigenvalue weighted by Crippen LogP contribution is -2.48. The Labute approximate surface area is 184 Å². The molecule has 0 aromatic heterocycles. The molecule has 6 nitrogen and oxygen atoms in total. The van der Waals surface area contributed by atoms with E-state index in [1.807, 2.05) is 42.5 Å². The van der Waals surface area contributed by atoms with Gasteiger partial charge in [0.05, 0.1) is 13.2 Å². The van der Waals surface area contributed by atoms with Gasteiger partial charge in [-0.1, -0.05) is 30.3 Å². The molecule has 2 aromatic rings. The Bertz CT molecular complexity index is 896. The topological polar surface area (TPSA) is 61.9 Å². The zero-order chi connectivity index (χ0) is 21.6. The zero-order valence-electron chi connectivity index (χ0n) is 18.1. The van der Waals surface area contributed by atoms with Gasteiger partial charge in [-0.05, 0) is 68.6 Å². The molecule has 6 heteroatoms. The summed E-state index contributed by atoms with van der Waals surface area (Å²) < 4.78 is 5.41. The maximum Gasteiger partial charge on any atom is 0.254 e. The smallest absolute Gasteiger partial charge is 0.254 e. The maximum absolute atomic E-state index is 13.1. The van der Waals surface area contributed by atoms with Crippen molar-refractivity contribution in [1.82, 2.24) is 15.1 Å². The van der Waals surface area contributed by atoms with Crippen LogP contribution in [0.2, 0.25) is 0 Å². The lowest BCUT2D eigenvalue weighted by Gasteiger charge is -2.30. The van der Waals surface area contributed by atoms with Crippen LogP contribution in [0.25, 0.3) is 0 Å². The first-order valence-corrected chi connectivity index (χ1v) is 11.2. The standard InChI is InChI=1S/C25H31N3O3/c1-31-21-12-7-11-20(17-21)23(27-14-5-6-15-27)18-26-24(29)22-13-8-16-28(22)25(30)19-9-3-2-4-10-19/h2-4,7,9-12,17,22-23H,5-6,8,13-16,18H2,1H3,(H,26,29). The number of nitrogens with zero attached hydrogens (tertiary/aromatic N) is 2. The number of likely N-dealkylation sites (tertiary alicyclic amines) is 2. The monoisotopic (exact) mass is 421 g/mol. The second kappa shape index (κ2) is 9.96. The van der Waals surface area contributed by atoms with Crippen LogP contribution in [0.5, 0.6) is 5.75 Å². The van der Waals surface area contributed by atoms with Crippen molar-refractivity contribution < 1.29 is 14.3 Å². The van der Waals surface area contributed by atoms with Crippen molar-refractivity contribution in [3.63, 3.8) is 0 Å². The van der Waals surface area contributed by atoms with Crippen LogP contribution in [0.3, 0.4) is 0 Å². The highest BCUT2D eigenvalue weighted by Crippen LogP contribution is 2.27. The molecule has 2 aliphatic rings. The van der Waals surface area contributed by atoms with Crippen molar-refractivity contribution in [1.29, 1.82) is 0 Å². The molecule has 0 radical (unpaired) electrons. The van der Waals surface area contributed by atoms with E-state index in [2.05, 4.69) is 22.3 Å². The van der Waals surface area contributed by atoms with Crippen molar-refractivity contribution in [2.24, 2.45) is 0 Å². The Hall–Kier alpha value is -2.86. The van der Waals surface area contributed by atoms with Gasteiger partial charge in [-0.3, -0.25) is 14.5 Å². The highest BCUT2D eigenvalue weighted by Gasteiger charge is 2.35. The summed E-state index contributed by atoms with van der Waals surface area (Å²) in [5.41, 5.74) is 1.78. The second-order valence-electron chi connectivity index (χ2n) is 8.30. The summed E-state index contributed by atoms with van der Waals surface area (Å²) in [5, 5.41) is 3.16. The predicted octanol–water partition coefficient (Wildman–Crippen LogP) is 3.25. The van der Waals surface area contributed by atoms with Gasteiger partial charge in [0, 0.05) is 18.7 Å². The van der Waals surface area contributed by atoms with Crippen molar-refractivity contribution >= 4 is 11.8 Å². The Morgan fingerprint density at radius 3 is 2.55 bits per heavy atom. The first-order chi connectivity index (χ1) is 15.2. The molecule has 2 heterocycles. The molecular formula is C25H31N3O3. The van der Waals surface area contributed by atoms with Gasteiger partial charge in [-0.2, -0.15) is 0 Å². The molecule has 164 valence electrons. The zero-order valence-corrected chi connectivity index (χ0v) is 18.1. The highest BCUT2D eigenvalue weighted by atomic mass is 16.5. The number of carbonyl (C=O) groups is 2. The molecule has 2 aliphatic heterocycles. The number of methoxy groups -OCH3 is 1. The van der Waals surface area contributed by atoms with E-state index in [1.54, 1.807) is 12.0 Å². The molecule has 31 heavy (non-hydrogen) atoms. The first-order valence-electron chi connectivity index (χ1n) is 11.2. The number of ether oxygens (including phenoxy) is 1. The fraction of sp³-hybridized carbons (Fsp3) is 0.440. The third-order valence-corrected chi connectivity index (χ3v) is 6.37. The number of carbonyl (C=O) groups excluding carboxylic acids is 2. The minimum Gasteiger partial charge on any atom is -0.497 e. The van der Waals surface area contributed by atoms with Gasteiger partial charge in [0.1, 0.15) is 11.8 Å². The Morgan fingerprint density at radius 2 is 1.81 bits per heavy atom. The van der Waals surface area contributed by atoms with Crippen LogP contribution in [0.1, 0.15) is 47.6 Å². The van der Waals surface area contributed by atoms with Gasteiger partial charge in [0.25, 0.3) is 5.91 Å². The number of benzene rings is 2. The third kappa shape index (κ3) is 4.90. The lowest BCUT2D eigenvalue weighted by molar-refractivity contribution is -0.125. The average Bonchev–Trinajstić information content (AvgIpc) is 3.52. The molecule has 4 rings (SSSR count). The first kappa shape index (κ1) is 21.4. The van der Waals surface area contributed by atoms with E-state index in [0.717, 1.165) is 30.8 Å². The summed E-state index contributed by atoms with van der Waals surface area (Å²) in [6, 6.07) is 17.0. The van der Waals surface area contributed by atoms with Crippen LogP contribution in [0.4, 0.5) is 0 Å². The number of hydrogen-bond acceptors (Lipinski definition) is 4. The van der Waals surface area contributed by atoms with Crippen molar-refractivity contribution in [2.45, 2.75) is 37.8 Å². The normalized spacial score (nSPS) is 19.9. The maximum atomic E-state index is 13.1. The second-order valence-corrected chi connectivity index (χ2v) is 8.30. The van der Waals surface area contributed by atoms with Gasteiger partial charge >= 0.3 is 0 Å². The Kier molecular flexibility index (Phi) is 6.87. The number of hydrogen-bond donors (Lipinski definition) is 1. The van der Waals surface area contributed by atoms with Gasteiger partial charge < -0.3 is 15.0 Å². The fourth-order valence-electron chi connectivity index (χ4n) is 4.70. The average molecular weight is 422 g/mol. The van der Waals surface area contributed by atoms with Crippen LogP contribution < -0.4 is 10.1 Å². The lowest BCUT2D eigenvalue weighted by atomic mass is 10.0. The third-order valence-electron chi connectivity index (χ3n) is 6.37. The molecule has 2 unspecified atom stereocenters. The Morgan fingerprint density at radius 1 is 1.03 bits per heavy atom. The largest absolute Gasteiger partial charge is 0.497 e. The van der Waals surface area contributed by atoms with Gasteiger partial charge in [0.2, 0.25) is 5.91 Å². The minimum atomic E-state index is -0.405. The molecule has 0 aliphatic carbocycles. The quantitative estimate of drug-likeness (QED) is 0.746. The van der Waals surface area contributed by atoms with Crippen molar-refractivity contribution in [3.05, 3.63) is 65.7 Å². The molecule has 2 aromatic carbocycles. The Balaban J connectivity index is 1.45. The fourth-order valence-corrected chi connectivity index (χ4v) is 4.70. The van der Waals surface area contributed by atoms with Crippen LogP contribution >= 0.6 is 0 Å². The van der Waals surface area contributed by atoms with E-state index in [1.165, 1.54) is 12.8 Å². The number of nitrogens with one attached hydrogen (secondary N) is 1. The molecule has 2 fully saturated rings. The molecule has 0 saturated carbocycles. The molecule has 0 bridgehead atoms. The van der Waals surface area contributed by atoms with Crippen molar-refractivity contribution in [2.75, 3.05) is 33.3 Å². The van der Waals surface area contributed by atoms with E-state index in [-0.39, 0.29) is 17.9 Å². The SMILES string of the molecule is COc1cccc(C(CNC(=O)C2CCCN2C(=O)c2ccccc2)N2CCCC2)c1. The van der Waals surface area contributed by atoms with E-state index in [9.17, 15) is 9.59 Å². The summed E-state index contributed by atoms with van der Waals surface area (Å²) in [4.78, 5) is 30.2. The molecule has 2 saturated heterocycles. The summed E-state index contributed by atoms with van der Waals surface area (Å²) in [7, 11) is 1.67. The number of rotatable bonds is 7. The van der Waals surface area contributed by atoms with Gasteiger partial charge in [-0.25, -0.2) is 0 Å². The predicted molar refractivity (Wildman–Crippen MR) is 120 cm³/mol. The molecule has 0 spiro atoms. The van der Waals surface area contributed by atoms with Crippen LogP contribution in [-0.2, 0) is 4.79 Å². The van der Waals surface area contributed by atoms with Gasteiger partial charge in [0.15, 0.2) is 0 Å². The molecule has 2 atom stereocenters. The number of amides is 2. The van der Waals surface area contributed by atoms with E-state index < -0.39 is 6.04 Å². The van der Waals surface area contributed by atoms with Crippen molar-refractivity contribution in [3.8, 4) is 5.75 Å². The van der Waals surface area contributed by atoms with Crippen LogP contribution in [-0.4, -0.2) is 60.9 Å². The summed E-state index contributed by atoms with van der Waals surface area (Å²) in [5.74, 6) is 0.694. The van der Waals surface area contributed by atoms with Gasteiger partial charge in [-0.15, -0.1) is 0 Å². The summed E-state index contributed by atoms with van der Waals surface area (Å²) in [6.07, 6.45) is 3.91. The van der Waals surface area contributed by atoms with E-state index in [0.29, 0.717) is 25.1 Å².